The summed E-state index contributed by atoms with van der Waals surface area (Å²) in [5.74, 6) is -0.370. The molecular weight excluding hydrogens is 316 g/mol. The van der Waals surface area contributed by atoms with Crippen LogP contribution in [0.5, 0.6) is 0 Å². The Hall–Kier alpha value is -2.60. The number of nitrogens with two attached hydrogens (primary N) is 2. The van der Waals surface area contributed by atoms with Gasteiger partial charge in [0.05, 0.1) is 0 Å². The molecule has 0 aromatic heterocycles. The zero-order chi connectivity index (χ0) is 18.7. The summed E-state index contributed by atoms with van der Waals surface area (Å²) in [5.41, 5.74) is 12.7. The molecule has 1 unspecified atom stereocenters. The summed E-state index contributed by atoms with van der Waals surface area (Å²) in [7, 11) is 0. The third-order valence-corrected chi connectivity index (χ3v) is 3.79. The molecule has 1 atom stereocenters. The van der Waals surface area contributed by atoms with Crippen LogP contribution in [0.3, 0.4) is 0 Å². The van der Waals surface area contributed by atoms with Gasteiger partial charge < -0.3 is 21.7 Å². The number of rotatable bonds is 7. The van der Waals surface area contributed by atoms with E-state index in [9.17, 15) is 9.59 Å². The fraction of sp³-hybridized carbons (Fsp3) is 0.368. The van der Waals surface area contributed by atoms with Crippen LogP contribution < -0.4 is 16.8 Å². The van der Waals surface area contributed by atoms with E-state index in [2.05, 4.69) is 5.32 Å². The summed E-state index contributed by atoms with van der Waals surface area (Å²) in [6.45, 7) is 5.17. The molecule has 1 fully saturated rings. The van der Waals surface area contributed by atoms with E-state index in [1.165, 1.54) is 12.3 Å². The molecule has 136 valence electrons. The number of hydrogen-bond donors (Lipinski definition) is 3. The number of nitrogens with zero attached hydrogens (tertiary/aromatic N) is 1. The summed E-state index contributed by atoms with van der Waals surface area (Å²) in [6.07, 6.45) is 15.0. The number of amides is 2. The Morgan fingerprint density at radius 1 is 1.12 bits per heavy atom. The highest BCUT2D eigenvalue weighted by molar-refractivity contribution is 5.89. The second-order valence-electron chi connectivity index (χ2n) is 5.63. The van der Waals surface area contributed by atoms with Crippen LogP contribution in [0, 0.1) is 0 Å². The summed E-state index contributed by atoms with van der Waals surface area (Å²) in [5, 5.41) is 2.68. The van der Waals surface area contributed by atoms with E-state index < -0.39 is 6.04 Å². The third kappa shape index (κ3) is 6.81. The molecule has 0 radical (unpaired) electrons. The highest BCUT2D eigenvalue weighted by atomic mass is 16.2. The van der Waals surface area contributed by atoms with Gasteiger partial charge in [-0.2, -0.15) is 0 Å². The molecule has 0 spiro atoms. The Labute approximate surface area is 149 Å². The predicted octanol–water partition coefficient (Wildman–Crippen LogP) is 1.49. The van der Waals surface area contributed by atoms with Crippen LogP contribution in [0.25, 0.3) is 0 Å². The van der Waals surface area contributed by atoms with Crippen LogP contribution in [0.4, 0.5) is 0 Å². The molecule has 1 rings (SSSR count). The van der Waals surface area contributed by atoms with Crippen LogP contribution in [0.15, 0.2) is 60.0 Å². The van der Waals surface area contributed by atoms with Gasteiger partial charge >= 0.3 is 0 Å². The van der Waals surface area contributed by atoms with Gasteiger partial charge in [-0.05, 0) is 44.5 Å². The van der Waals surface area contributed by atoms with Gasteiger partial charge in [0.2, 0.25) is 11.8 Å². The molecule has 0 aromatic rings. The van der Waals surface area contributed by atoms with Gasteiger partial charge in [0.1, 0.15) is 6.04 Å². The van der Waals surface area contributed by atoms with E-state index in [1.54, 1.807) is 42.2 Å². The smallest absolute Gasteiger partial charge is 0.248 e. The van der Waals surface area contributed by atoms with E-state index in [1.807, 2.05) is 13.0 Å². The Kier molecular flexibility index (Phi) is 9.03. The van der Waals surface area contributed by atoms with Gasteiger partial charge in [-0.15, -0.1) is 0 Å². The number of carbonyl (C=O) groups excluding carboxylic acids is 2. The van der Waals surface area contributed by atoms with Crippen molar-refractivity contribution in [1.82, 2.24) is 10.2 Å². The average molecular weight is 344 g/mol. The van der Waals surface area contributed by atoms with Crippen LogP contribution in [0.1, 0.15) is 26.7 Å². The number of allylic oxidation sites excluding steroid dienone is 5. The lowest BCUT2D eigenvalue weighted by Crippen LogP contribution is -2.43. The zero-order valence-corrected chi connectivity index (χ0v) is 14.9. The van der Waals surface area contributed by atoms with Crippen LogP contribution in [0.2, 0.25) is 0 Å². The lowest BCUT2D eigenvalue weighted by Gasteiger charge is -2.20. The zero-order valence-electron chi connectivity index (χ0n) is 14.9. The molecule has 5 N–H and O–H groups in total. The van der Waals surface area contributed by atoms with E-state index in [0.29, 0.717) is 11.3 Å². The van der Waals surface area contributed by atoms with Crippen molar-refractivity contribution >= 4 is 11.8 Å². The molecule has 0 bridgehead atoms. The summed E-state index contributed by atoms with van der Waals surface area (Å²) in [4.78, 5) is 26.1. The van der Waals surface area contributed by atoms with Crippen molar-refractivity contribution in [3.63, 3.8) is 0 Å². The Bertz CT molecular complexity index is 609. The molecular formula is C19H28N4O2. The van der Waals surface area contributed by atoms with E-state index in [0.717, 1.165) is 25.9 Å². The number of likely N-dealkylation sites (tertiary alicyclic amines) is 1. The van der Waals surface area contributed by atoms with Crippen molar-refractivity contribution in [1.29, 1.82) is 0 Å². The first-order valence-electron chi connectivity index (χ1n) is 8.44. The Morgan fingerprint density at radius 3 is 2.36 bits per heavy atom. The maximum atomic E-state index is 12.4. The minimum Gasteiger partial charge on any atom is -0.405 e. The lowest BCUT2D eigenvalue weighted by atomic mass is 10.1. The molecule has 1 aliphatic rings. The maximum Gasteiger partial charge on any atom is 0.248 e. The van der Waals surface area contributed by atoms with Gasteiger partial charge in [-0.1, -0.05) is 30.4 Å². The van der Waals surface area contributed by atoms with Gasteiger partial charge in [0, 0.05) is 24.9 Å². The van der Waals surface area contributed by atoms with E-state index >= 15 is 0 Å². The summed E-state index contributed by atoms with van der Waals surface area (Å²) < 4.78 is 0. The topological polar surface area (TPSA) is 101 Å². The standard InChI is InChI=1S/C19H28N4O2/c1-3-8-15(18(21)19(25)23-13-5-6-14-23)9-7-10-17(24)22-16(4-2)11-12-20/h3-4,7-12,18H,5-6,13-14,20-21H2,1-2H3,(H,22,24)/b8-3-,10-7+,12-11-,15-9+,16-4+. The molecule has 6 heteroatoms. The molecule has 6 nitrogen and oxygen atoms in total. The fourth-order valence-corrected chi connectivity index (χ4v) is 2.48. The normalized spacial score (nSPS) is 17.8. The summed E-state index contributed by atoms with van der Waals surface area (Å²) >= 11 is 0. The van der Waals surface area contributed by atoms with Crippen molar-refractivity contribution in [3.05, 3.63) is 60.0 Å². The minimum absolute atomic E-state index is 0.0796. The molecule has 25 heavy (non-hydrogen) atoms. The lowest BCUT2D eigenvalue weighted by molar-refractivity contribution is -0.130. The van der Waals surface area contributed by atoms with E-state index in [-0.39, 0.29) is 11.8 Å². The molecule has 0 aromatic carbocycles. The van der Waals surface area contributed by atoms with Crippen molar-refractivity contribution in [2.75, 3.05) is 13.1 Å². The summed E-state index contributed by atoms with van der Waals surface area (Å²) in [6, 6.07) is -0.728. The van der Waals surface area contributed by atoms with Gasteiger partial charge in [0.15, 0.2) is 0 Å². The third-order valence-electron chi connectivity index (χ3n) is 3.79. The fourth-order valence-electron chi connectivity index (χ4n) is 2.48. The first-order chi connectivity index (χ1) is 12.0. The Morgan fingerprint density at radius 2 is 1.80 bits per heavy atom. The Balaban J connectivity index is 2.77. The molecule has 1 aliphatic heterocycles. The quantitative estimate of drug-likeness (QED) is 0.481. The first kappa shape index (κ1) is 20.4. The molecule has 1 heterocycles. The molecule has 1 saturated heterocycles. The van der Waals surface area contributed by atoms with Crippen molar-refractivity contribution in [3.8, 4) is 0 Å². The second-order valence-corrected chi connectivity index (χ2v) is 5.63. The predicted molar refractivity (Wildman–Crippen MR) is 101 cm³/mol. The maximum absolute atomic E-state index is 12.4. The van der Waals surface area contributed by atoms with Crippen LogP contribution in [-0.4, -0.2) is 35.8 Å². The van der Waals surface area contributed by atoms with Crippen LogP contribution >= 0.6 is 0 Å². The van der Waals surface area contributed by atoms with Gasteiger partial charge in [0.25, 0.3) is 0 Å². The first-order valence-corrected chi connectivity index (χ1v) is 8.44. The number of carbonyl (C=O) groups is 2. The van der Waals surface area contributed by atoms with E-state index in [4.69, 9.17) is 11.5 Å². The number of hydrogen-bond acceptors (Lipinski definition) is 4. The average Bonchev–Trinajstić information content (AvgIpc) is 3.14. The second kappa shape index (κ2) is 11.0. The monoisotopic (exact) mass is 344 g/mol. The SMILES string of the molecule is C\C=C/C(=C\C=C\C(=O)NC(/C=C\N)=C/C)C(N)C(=O)N1CCCC1. The van der Waals surface area contributed by atoms with Crippen molar-refractivity contribution < 1.29 is 9.59 Å². The highest BCUT2D eigenvalue weighted by Crippen LogP contribution is 2.13. The molecule has 0 aliphatic carbocycles. The molecule has 0 saturated carbocycles. The highest BCUT2D eigenvalue weighted by Gasteiger charge is 2.24. The number of nitrogens with one attached hydrogen (secondary N) is 1. The van der Waals surface area contributed by atoms with Crippen LogP contribution in [-0.2, 0) is 9.59 Å². The largest absolute Gasteiger partial charge is 0.405 e. The minimum atomic E-state index is -0.728. The molecule has 2 amide bonds. The van der Waals surface area contributed by atoms with Gasteiger partial charge in [-0.25, -0.2) is 0 Å². The van der Waals surface area contributed by atoms with Crippen molar-refractivity contribution in [2.24, 2.45) is 11.5 Å². The van der Waals surface area contributed by atoms with Gasteiger partial charge in [-0.3, -0.25) is 9.59 Å². The van der Waals surface area contributed by atoms with Crippen molar-refractivity contribution in [2.45, 2.75) is 32.7 Å².